The third-order valence-corrected chi connectivity index (χ3v) is 6.84. The van der Waals surface area contributed by atoms with E-state index in [1.807, 2.05) is 0 Å². The van der Waals surface area contributed by atoms with Crippen molar-refractivity contribution in [2.45, 2.75) is 44.6 Å². The molecule has 3 aromatic rings. The Morgan fingerprint density at radius 3 is 2.44 bits per heavy atom. The number of para-hydroxylation sites is 2. The van der Waals surface area contributed by atoms with Gasteiger partial charge in [-0.1, -0.05) is 12.1 Å². The van der Waals surface area contributed by atoms with Crippen LogP contribution in [0.25, 0.3) is 16.7 Å². The quantitative estimate of drug-likeness (QED) is 0.485. The van der Waals surface area contributed by atoms with E-state index < -0.39 is 23.8 Å². The number of hydrogen-bond acceptors (Lipinski definition) is 7. The number of aromatic nitrogens is 3. The Kier molecular flexibility index (Phi) is 6.34. The van der Waals surface area contributed by atoms with E-state index in [2.05, 4.69) is 4.98 Å². The molecule has 1 aliphatic heterocycles. The summed E-state index contributed by atoms with van der Waals surface area (Å²) in [6.07, 6.45) is 4.60. The van der Waals surface area contributed by atoms with Gasteiger partial charge in [0.1, 0.15) is 12.3 Å². The Bertz CT molecular complexity index is 1460. The minimum absolute atomic E-state index is 0.0252. The van der Waals surface area contributed by atoms with Crippen LogP contribution in [0.1, 0.15) is 54.1 Å². The molecule has 5 rings (SSSR count). The summed E-state index contributed by atoms with van der Waals surface area (Å²) >= 11 is 0. The molecule has 3 heterocycles. The Morgan fingerprint density at radius 1 is 1.06 bits per heavy atom. The van der Waals surface area contributed by atoms with Crippen molar-refractivity contribution in [1.29, 1.82) is 0 Å². The highest BCUT2D eigenvalue weighted by Crippen LogP contribution is 2.40. The first-order valence-electron chi connectivity index (χ1n) is 12.1. The van der Waals surface area contributed by atoms with E-state index in [0.717, 1.165) is 36.7 Å². The van der Waals surface area contributed by atoms with Crippen molar-refractivity contribution >= 4 is 22.9 Å². The monoisotopic (exact) mass is 492 g/mol. The van der Waals surface area contributed by atoms with Gasteiger partial charge in [-0.3, -0.25) is 9.59 Å². The predicted octanol–water partition coefficient (Wildman–Crippen LogP) is 2.23. The number of esters is 1. The fourth-order valence-corrected chi connectivity index (χ4v) is 4.77. The summed E-state index contributed by atoms with van der Waals surface area (Å²) in [6.45, 7) is 0.733. The van der Waals surface area contributed by atoms with Crippen LogP contribution >= 0.6 is 0 Å². The zero-order valence-corrected chi connectivity index (χ0v) is 20.4. The lowest BCUT2D eigenvalue weighted by atomic mass is 10.1. The molecular weight excluding hydrogens is 464 g/mol. The van der Waals surface area contributed by atoms with Gasteiger partial charge in [-0.05, 0) is 50.3 Å². The minimum atomic E-state index is -0.748. The van der Waals surface area contributed by atoms with Crippen molar-refractivity contribution in [2.75, 3.05) is 27.3 Å². The molecule has 0 spiro atoms. The lowest BCUT2D eigenvalue weighted by molar-refractivity contribution is -0.132. The smallest absolute Gasteiger partial charge is 0.338 e. The van der Waals surface area contributed by atoms with E-state index in [1.165, 1.54) is 18.8 Å². The van der Waals surface area contributed by atoms with Gasteiger partial charge in [-0.25, -0.2) is 23.7 Å². The van der Waals surface area contributed by atoms with Crippen LogP contribution in [0.15, 0.2) is 39.9 Å². The molecule has 10 heteroatoms. The largest absolute Gasteiger partial charge is 0.495 e. The van der Waals surface area contributed by atoms with Crippen molar-refractivity contribution in [3.63, 3.8) is 0 Å². The average molecular weight is 493 g/mol. The maximum Gasteiger partial charge on any atom is 0.338 e. The molecule has 0 radical (unpaired) electrons. The van der Waals surface area contributed by atoms with Crippen LogP contribution in [0.4, 0.5) is 0 Å². The third-order valence-electron chi connectivity index (χ3n) is 6.84. The summed E-state index contributed by atoms with van der Waals surface area (Å²) in [5.74, 6) is -0.503. The molecule has 0 bridgehead atoms. The number of methoxy groups -OCH3 is 2. The molecule has 10 nitrogen and oxygen atoms in total. The van der Waals surface area contributed by atoms with E-state index in [4.69, 9.17) is 9.47 Å². The van der Waals surface area contributed by atoms with Crippen LogP contribution < -0.4 is 16.0 Å². The first kappa shape index (κ1) is 23.8. The number of amides is 1. The Labute approximate surface area is 207 Å². The molecule has 2 fully saturated rings. The number of carbonyl (C=O) groups excluding carboxylic acids is 2. The molecule has 188 valence electrons. The van der Waals surface area contributed by atoms with Crippen molar-refractivity contribution in [2.24, 2.45) is 0 Å². The zero-order chi connectivity index (χ0) is 25.4. The summed E-state index contributed by atoms with van der Waals surface area (Å²) < 4.78 is 12.6. The number of fused-ring (bicyclic) bond motifs is 1. The Hall–Kier alpha value is -3.95. The first-order chi connectivity index (χ1) is 17.4. The first-order valence-corrected chi connectivity index (χ1v) is 12.1. The SMILES string of the molecule is COC(=O)c1cc(C2CC2)nc2c1c(=O)n(CC(=O)N1CCCCC1)c(=O)n2-c1ccccc1OC. The van der Waals surface area contributed by atoms with Gasteiger partial charge in [-0.15, -0.1) is 0 Å². The molecule has 0 unspecified atom stereocenters. The maximum atomic E-state index is 13.9. The Balaban J connectivity index is 1.82. The van der Waals surface area contributed by atoms with Gasteiger partial charge in [0.25, 0.3) is 5.56 Å². The summed E-state index contributed by atoms with van der Waals surface area (Å²) in [5.41, 5.74) is -0.434. The highest BCUT2D eigenvalue weighted by Gasteiger charge is 2.31. The minimum Gasteiger partial charge on any atom is -0.495 e. The van der Waals surface area contributed by atoms with Crippen molar-refractivity contribution < 1.29 is 19.1 Å². The average Bonchev–Trinajstić information content (AvgIpc) is 3.76. The van der Waals surface area contributed by atoms with Crippen LogP contribution in [0.2, 0.25) is 0 Å². The van der Waals surface area contributed by atoms with E-state index >= 15 is 0 Å². The lowest BCUT2D eigenvalue weighted by Gasteiger charge is -2.27. The zero-order valence-electron chi connectivity index (χ0n) is 20.4. The Morgan fingerprint density at radius 2 is 1.78 bits per heavy atom. The predicted molar refractivity (Wildman–Crippen MR) is 132 cm³/mol. The van der Waals surface area contributed by atoms with E-state index in [0.29, 0.717) is 30.2 Å². The number of carbonyl (C=O) groups is 2. The lowest BCUT2D eigenvalue weighted by Crippen LogP contribution is -2.46. The van der Waals surface area contributed by atoms with Crippen molar-refractivity contribution in [1.82, 2.24) is 19.0 Å². The second kappa shape index (κ2) is 9.60. The normalized spacial score (nSPS) is 15.7. The summed E-state index contributed by atoms with van der Waals surface area (Å²) in [4.78, 5) is 59.9. The number of piperidine rings is 1. The molecule has 1 saturated heterocycles. The topological polar surface area (TPSA) is 113 Å². The van der Waals surface area contributed by atoms with Crippen LogP contribution in [-0.4, -0.2) is 58.2 Å². The fraction of sp³-hybridized carbons (Fsp3) is 0.423. The van der Waals surface area contributed by atoms with Crippen molar-refractivity contribution in [3.05, 3.63) is 62.4 Å². The van der Waals surface area contributed by atoms with Gasteiger partial charge < -0.3 is 14.4 Å². The van der Waals surface area contributed by atoms with Gasteiger partial charge in [0.2, 0.25) is 5.91 Å². The van der Waals surface area contributed by atoms with Gasteiger partial charge in [0.15, 0.2) is 5.65 Å². The van der Waals surface area contributed by atoms with Crippen LogP contribution in [-0.2, 0) is 16.1 Å². The number of likely N-dealkylation sites (tertiary alicyclic amines) is 1. The maximum absolute atomic E-state index is 13.9. The van der Waals surface area contributed by atoms with Gasteiger partial charge >= 0.3 is 11.7 Å². The summed E-state index contributed by atoms with van der Waals surface area (Å²) in [6, 6.07) is 8.42. The standard InChI is InChI=1S/C26H28N4O6/c1-35-20-9-5-4-8-19(20)30-23-22(17(25(33)36-2)14-18(27-23)16-10-11-16)24(32)29(26(30)34)15-21(31)28-12-6-3-7-13-28/h4-5,8-9,14,16H,3,6-7,10-13,15H2,1-2H3. The highest BCUT2D eigenvalue weighted by atomic mass is 16.5. The summed E-state index contributed by atoms with van der Waals surface area (Å²) in [5, 5.41) is -0.0665. The molecule has 36 heavy (non-hydrogen) atoms. The van der Waals surface area contributed by atoms with Crippen LogP contribution in [0, 0.1) is 0 Å². The molecular formula is C26H28N4O6. The van der Waals surface area contributed by atoms with Gasteiger partial charge in [0.05, 0.1) is 30.9 Å². The molecule has 0 atom stereocenters. The number of benzene rings is 1. The van der Waals surface area contributed by atoms with E-state index in [-0.39, 0.29) is 28.4 Å². The number of ether oxygens (including phenoxy) is 2. The molecule has 1 aliphatic carbocycles. The molecule has 1 aromatic carbocycles. The highest BCUT2D eigenvalue weighted by molar-refractivity contribution is 6.02. The third kappa shape index (κ3) is 4.16. The summed E-state index contributed by atoms with van der Waals surface area (Å²) in [7, 11) is 2.71. The van der Waals surface area contributed by atoms with Gasteiger partial charge in [-0.2, -0.15) is 0 Å². The van der Waals surface area contributed by atoms with Gasteiger partial charge in [0, 0.05) is 24.7 Å². The molecule has 2 aromatic heterocycles. The number of pyridine rings is 1. The van der Waals surface area contributed by atoms with E-state index in [9.17, 15) is 19.2 Å². The number of nitrogens with zero attached hydrogens (tertiary/aromatic N) is 4. The van der Waals surface area contributed by atoms with Crippen molar-refractivity contribution in [3.8, 4) is 11.4 Å². The molecule has 2 aliphatic rings. The fourth-order valence-electron chi connectivity index (χ4n) is 4.77. The molecule has 1 amide bonds. The van der Waals surface area contributed by atoms with Crippen LogP contribution in [0.3, 0.4) is 0 Å². The second-order valence-electron chi connectivity index (χ2n) is 9.18. The second-order valence-corrected chi connectivity index (χ2v) is 9.18. The van der Waals surface area contributed by atoms with E-state index in [1.54, 1.807) is 35.2 Å². The number of rotatable bonds is 6. The molecule has 0 N–H and O–H groups in total. The van der Waals surface area contributed by atoms with Crippen LogP contribution in [0.5, 0.6) is 5.75 Å². The molecule has 1 saturated carbocycles. The number of hydrogen-bond donors (Lipinski definition) is 0.